The van der Waals surface area contributed by atoms with Crippen molar-refractivity contribution in [3.05, 3.63) is 95.3 Å². The van der Waals surface area contributed by atoms with Crippen molar-refractivity contribution in [3.8, 4) is 0 Å². The molecule has 2 heterocycles. The van der Waals surface area contributed by atoms with Crippen molar-refractivity contribution >= 4 is 17.7 Å². The normalized spacial score (nSPS) is 14.3. The summed E-state index contributed by atoms with van der Waals surface area (Å²) in [6, 6.07) is 20.1. The maximum absolute atomic E-state index is 12.7. The molecule has 0 bridgehead atoms. The fourth-order valence-electron chi connectivity index (χ4n) is 3.51. The number of carbonyl (C=O) groups is 1. The molecule has 1 fully saturated rings. The summed E-state index contributed by atoms with van der Waals surface area (Å²) in [7, 11) is 0. The first kappa shape index (κ1) is 21.6. The summed E-state index contributed by atoms with van der Waals surface area (Å²) >= 11 is 1.74. The fourth-order valence-corrected chi connectivity index (χ4v) is 4.35. The summed E-state index contributed by atoms with van der Waals surface area (Å²) in [5, 5.41) is 3.07. The van der Waals surface area contributed by atoms with Gasteiger partial charge < -0.3 is 10.1 Å². The van der Waals surface area contributed by atoms with Crippen molar-refractivity contribution in [1.29, 1.82) is 0 Å². The second kappa shape index (κ2) is 11.1. The van der Waals surface area contributed by atoms with Gasteiger partial charge in [-0.3, -0.25) is 14.7 Å². The average molecular weight is 434 g/mol. The van der Waals surface area contributed by atoms with Crippen LogP contribution >= 0.6 is 11.8 Å². The molecule has 1 aromatic heterocycles. The fraction of sp³-hybridized carbons (Fsp3) is 0.280. The van der Waals surface area contributed by atoms with Crippen LogP contribution in [0.1, 0.15) is 27.0 Å². The molecular formula is C25H27N3O2S. The Hall–Kier alpha value is -2.67. The molecule has 2 aromatic carbocycles. The van der Waals surface area contributed by atoms with E-state index in [-0.39, 0.29) is 5.91 Å². The molecule has 5 nitrogen and oxygen atoms in total. The number of pyridine rings is 1. The van der Waals surface area contributed by atoms with Gasteiger partial charge in [-0.1, -0.05) is 30.3 Å². The van der Waals surface area contributed by atoms with Crippen molar-refractivity contribution in [3.63, 3.8) is 0 Å². The highest BCUT2D eigenvalue weighted by Crippen LogP contribution is 2.22. The van der Waals surface area contributed by atoms with Crippen molar-refractivity contribution in [1.82, 2.24) is 15.2 Å². The van der Waals surface area contributed by atoms with Crippen molar-refractivity contribution in [2.75, 3.05) is 26.3 Å². The lowest BCUT2D eigenvalue weighted by molar-refractivity contribution is 0.0340. The highest BCUT2D eigenvalue weighted by Gasteiger charge is 2.13. The first-order chi connectivity index (χ1) is 15.3. The van der Waals surface area contributed by atoms with Crippen molar-refractivity contribution < 1.29 is 9.53 Å². The molecule has 0 unspecified atom stereocenters. The zero-order chi connectivity index (χ0) is 21.3. The van der Waals surface area contributed by atoms with Gasteiger partial charge in [0.05, 0.1) is 13.2 Å². The van der Waals surface area contributed by atoms with E-state index in [2.05, 4.69) is 39.5 Å². The third kappa shape index (κ3) is 6.40. The lowest BCUT2D eigenvalue weighted by Gasteiger charge is -2.27. The van der Waals surface area contributed by atoms with Crippen LogP contribution in [0.25, 0.3) is 0 Å². The molecule has 31 heavy (non-hydrogen) atoms. The third-order valence-electron chi connectivity index (χ3n) is 5.30. The van der Waals surface area contributed by atoms with Gasteiger partial charge in [0.2, 0.25) is 0 Å². The number of nitrogens with one attached hydrogen (secondary N) is 1. The highest BCUT2D eigenvalue weighted by atomic mass is 32.2. The number of nitrogens with zero attached hydrogens (tertiary/aromatic N) is 2. The Morgan fingerprint density at radius 2 is 1.77 bits per heavy atom. The Bertz CT molecular complexity index is 974. The molecular weight excluding hydrogens is 406 g/mol. The first-order valence-corrected chi connectivity index (χ1v) is 11.5. The maximum Gasteiger partial charge on any atom is 0.251 e. The summed E-state index contributed by atoms with van der Waals surface area (Å²) in [5.41, 5.74) is 4.28. The van der Waals surface area contributed by atoms with E-state index in [9.17, 15) is 4.79 Å². The molecule has 4 rings (SSSR count). The number of hydrogen-bond acceptors (Lipinski definition) is 5. The zero-order valence-corrected chi connectivity index (χ0v) is 18.3. The Labute approximate surface area is 187 Å². The Kier molecular flexibility index (Phi) is 7.71. The minimum absolute atomic E-state index is 0.0509. The smallest absolute Gasteiger partial charge is 0.251 e. The van der Waals surface area contributed by atoms with Crippen LogP contribution < -0.4 is 5.32 Å². The molecule has 6 heteroatoms. The van der Waals surface area contributed by atoms with Crippen LogP contribution in [0, 0.1) is 0 Å². The van der Waals surface area contributed by atoms with Gasteiger partial charge in [0.15, 0.2) is 0 Å². The summed E-state index contributed by atoms with van der Waals surface area (Å²) in [6.07, 6.45) is 3.66. The molecule has 3 aromatic rings. The summed E-state index contributed by atoms with van der Waals surface area (Å²) in [5.74, 6) is 0.809. The van der Waals surface area contributed by atoms with E-state index in [1.165, 1.54) is 11.1 Å². The van der Waals surface area contributed by atoms with Gasteiger partial charge in [0.1, 0.15) is 0 Å². The molecule has 0 aliphatic carbocycles. The minimum Gasteiger partial charge on any atom is -0.379 e. The van der Waals surface area contributed by atoms with Crippen LogP contribution in [-0.2, 0) is 23.6 Å². The van der Waals surface area contributed by atoms with Gasteiger partial charge in [-0.05, 0) is 47.0 Å². The topological polar surface area (TPSA) is 54.5 Å². The maximum atomic E-state index is 12.7. The monoisotopic (exact) mass is 433 g/mol. The number of amides is 1. The van der Waals surface area contributed by atoms with Gasteiger partial charge in [-0.15, -0.1) is 11.8 Å². The lowest BCUT2D eigenvalue weighted by Crippen LogP contribution is -2.36. The van der Waals surface area contributed by atoms with Crippen LogP contribution in [0.2, 0.25) is 0 Å². The van der Waals surface area contributed by atoms with E-state index < -0.39 is 0 Å². The Morgan fingerprint density at radius 3 is 2.52 bits per heavy atom. The van der Waals surface area contributed by atoms with Gasteiger partial charge in [-0.2, -0.15) is 0 Å². The van der Waals surface area contributed by atoms with Gasteiger partial charge in [0, 0.05) is 54.8 Å². The van der Waals surface area contributed by atoms with Gasteiger partial charge in [0.25, 0.3) is 5.91 Å². The molecule has 1 aliphatic rings. The number of ether oxygens (including phenoxy) is 1. The largest absolute Gasteiger partial charge is 0.379 e. The summed E-state index contributed by atoms with van der Waals surface area (Å²) in [6.45, 7) is 4.89. The average Bonchev–Trinajstić information content (AvgIpc) is 2.84. The predicted octanol–water partition coefficient (Wildman–Crippen LogP) is 4.14. The lowest BCUT2D eigenvalue weighted by atomic mass is 10.1. The summed E-state index contributed by atoms with van der Waals surface area (Å²) < 4.78 is 5.44. The number of morpholine rings is 1. The van der Waals surface area contributed by atoms with E-state index in [4.69, 9.17) is 4.74 Å². The molecule has 1 saturated heterocycles. The second-order valence-corrected chi connectivity index (χ2v) is 8.56. The number of carbonyl (C=O) groups excluding carboxylic acids is 1. The second-order valence-electron chi connectivity index (χ2n) is 7.51. The standard InChI is InChI=1S/C25H27N3O2S/c29-25(21-7-9-24(10-8-21)31-19-20-4-3-11-26-16-20)27-17-22-5-1-2-6-23(22)18-28-12-14-30-15-13-28/h1-11,16H,12-15,17-19H2,(H,27,29). The molecule has 160 valence electrons. The van der Waals surface area contributed by atoms with E-state index in [1.54, 1.807) is 18.0 Å². The van der Waals surface area contributed by atoms with Crippen LogP contribution in [0.3, 0.4) is 0 Å². The number of benzene rings is 2. The van der Waals surface area contributed by atoms with E-state index in [0.29, 0.717) is 12.1 Å². The first-order valence-electron chi connectivity index (χ1n) is 10.5. The van der Waals surface area contributed by atoms with Crippen molar-refractivity contribution in [2.24, 2.45) is 0 Å². The van der Waals surface area contributed by atoms with Crippen molar-refractivity contribution in [2.45, 2.75) is 23.7 Å². The molecule has 0 radical (unpaired) electrons. The van der Waals surface area contributed by atoms with E-state index in [0.717, 1.165) is 49.1 Å². The van der Waals surface area contributed by atoms with E-state index in [1.807, 2.05) is 42.6 Å². The Balaban J connectivity index is 1.30. The SMILES string of the molecule is O=C(NCc1ccccc1CN1CCOCC1)c1ccc(SCc2cccnc2)cc1. The quantitative estimate of drug-likeness (QED) is 0.541. The molecule has 1 N–H and O–H groups in total. The van der Waals surface area contributed by atoms with Crippen LogP contribution in [0.4, 0.5) is 0 Å². The van der Waals surface area contributed by atoms with Gasteiger partial charge in [-0.25, -0.2) is 0 Å². The van der Waals surface area contributed by atoms with Crippen LogP contribution in [0.15, 0.2) is 78.0 Å². The minimum atomic E-state index is -0.0509. The summed E-state index contributed by atoms with van der Waals surface area (Å²) in [4.78, 5) is 20.3. The molecule has 0 saturated carbocycles. The number of thioether (sulfide) groups is 1. The number of hydrogen-bond donors (Lipinski definition) is 1. The molecule has 0 spiro atoms. The molecule has 0 atom stereocenters. The molecule has 1 amide bonds. The number of rotatable bonds is 8. The van der Waals surface area contributed by atoms with Crippen LogP contribution in [0.5, 0.6) is 0 Å². The van der Waals surface area contributed by atoms with E-state index >= 15 is 0 Å². The van der Waals surface area contributed by atoms with Gasteiger partial charge >= 0.3 is 0 Å². The molecule has 1 aliphatic heterocycles. The highest BCUT2D eigenvalue weighted by molar-refractivity contribution is 7.98. The third-order valence-corrected chi connectivity index (χ3v) is 6.38. The predicted molar refractivity (Wildman–Crippen MR) is 124 cm³/mol. The van der Waals surface area contributed by atoms with Crippen LogP contribution in [-0.4, -0.2) is 42.1 Å². The zero-order valence-electron chi connectivity index (χ0n) is 17.5. The number of aromatic nitrogens is 1. The Morgan fingerprint density at radius 1 is 1.00 bits per heavy atom.